The Balaban J connectivity index is 2.15. The van der Waals surface area contributed by atoms with E-state index in [1.54, 1.807) is 6.20 Å². The summed E-state index contributed by atoms with van der Waals surface area (Å²) in [7, 11) is 0. The second-order valence-corrected chi connectivity index (χ2v) is 5.67. The summed E-state index contributed by atoms with van der Waals surface area (Å²) < 4.78 is 7.42. The lowest BCUT2D eigenvalue weighted by molar-refractivity contribution is 0.495. The first-order valence-corrected chi connectivity index (χ1v) is 6.19. The molecule has 2 rings (SSSR count). The van der Waals surface area contributed by atoms with Gasteiger partial charge in [0.05, 0.1) is 6.20 Å². The SMILES string of the molecule is Brc1ccc(Oc2cnc(Br)s2)cc1. The Morgan fingerprint density at radius 1 is 1.14 bits per heavy atom. The van der Waals surface area contributed by atoms with Crippen LogP contribution in [0.25, 0.3) is 0 Å². The van der Waals surface area contributed by atoms with Gasteiger partial charge in [-0.2, -0.15) is 0 Å². The zero-order valence-corrected chi connectivity index (χ0v) is 10.9. The zero-order chi connectivity index (χ0) is 9.97. The van der Waals surface area contributed by atoms with Crippen molar-refractivity contribution in [3.63, 3.8) is 0 Å². The smallest absolute Gasteiger partial charge is 0.201 e. The van der Waals surface area contributed by atoms with E-state index in [1.165, 1.54) is 11.3 Å². The van der Waals surface area contributed by atoms with Crippen LogP contribution in [0.3, 0.4) is 0 Å². The van der Waals surface area contributed by atoms with E-state index in [0.717, 1.165) is 19.2 Å². The van der Waals surface area contributed by atoms with Gasteiger partial charge in [-0.15, -0.1) is 0 Å². The highest BCUT2D eigenvalue weighted by atomic mass is 79.9. The van der Waals surface area contributed by atoms with Crippen molar-refractivity contribution in [2.24, 2.45) is 0 Å². The van der Waals surface area contributed by atoms with Crippen molar-refractivity contribution >= 4 is 43.2 Å². The van der Waals surface area contributed by atoms with Gasteiger partial charge >= 0.3 is 0 Å². The standard InChI is InChI=1S/C9H5Br2NOS/c10-6-1-3-7(4-2-6)13-8-5-12-9(11)14-8/h1-5H. The number of benzene rings is 1. The summed E-state index contributed by atoms with van der Waals surface area (Å²) >= 11 is 8.10. The predicted octanol–water partition coefficient (Wildman–Crippen LogP) is 4.46. The molecule has 0 aliphatic heterocycles. The molecule has 0 atom stereocenters. The van der Waals surface area contributed by atoms with Crippen LogP contribution in [0.4, 0.5) is 0 Å². The van der Waals surface area contributed by atoms with Crippen molar-refractivity contribution in [3.8, 4) is 10.8 Å². The fourth-order valence-electron chi connectivity index (χ4n) is 0.905. The van der Waals surface area contributed by atoms with E-state index in [0.29, 0.717) is 0 Å². The van der Waals surface area contributed by atoms with Gasteiger partial charge < -0.3 is 4.74 Å². The molecular formula is C9H5Br2NOS. The molecule has 0 bridgehead atoms. The van der Waals surface area contributed by atoms with E-state index < -0.39 is 0 Å². The Bertz CT molecular complexity index is 427. The van der Waals surface area contributed by atoms with Crippen LogP contribution in [0.2, 0.25) is 0 Å². The number of nitrogens with zero attached hydrogens (tertiary/aromatic N) is 1. The van der Waals surface area contributed by atoms with E-state index in [-0.39, 0.29) is 0 Å². The Morgan fingerprint density at radius 2 is 1.86 bits per heavy atom. The number of thiazole rings is 1. The number of rotatable bonds is 2. The fourth-order valence-corrected chi connectivity index (χ4v) is 2.27. The molecule has 0 spiro atoms. The highest BCUT2D eigenvalue weighted by Gasteiger charge is 2.01. The quantitative estimate of drug-likeness (QED) is 0.808. The normalized spacial score (nSPS) is 10.1. The third-order valence-electron chi connectivity index (χ3n) is 1.49. The van der Waals surface area contributed by atoms with Crippen LogP contribution in [0.15, 0.2) is 38.9 Å². The van der Waals surface area contributed by atoms with Gasteiger partial charge in [0, 0.05) is 4.47 Å². The predicted molar refractivity (Wildman–Crippen MR) is 64.0 cm³/mol. The van der Waals surface area contributed by atoms with Gasteiger partial charge in [0.2, 0.25) is 5.06 Å². The maximum atomic E-state index is 5.56. The number of halogens is 2. The van der Waals surface area contributed by atoms with Crippen molar-refractivity contribution < 1.29 is 4.74 Å². The number of hydrogen-bond donors (Lipinski definition) is 0. The minimum absolute atomic E-state index is 0.777. The molecule has 0 unspecified atom stereocenters. The molecule has 0 aliphatic carbocycles. The number of hydrogen-bond acceptors (Lipinski definition) is 3. The first kappa shape index (κ1) is 10.1. The Morgan fingerprint density at radius 3 is 2.43 bits per heavy atom. The lowest BCUT2D eigenvalue weighted by Crippen LogP contribution is -1.79. The molecule has 14 heavy (non-hydrogen) atoms. The molecule has 72 valence electrons. The van der Waals surface area contributed by atoms with Gasteiger partial charge in [-0.25, -0.2) is 4.98 Å². The van der Waals surface area contributed by atoms with Crippen LogP contribution in [-0.4, -0.2) is 4.98 Å². The van der Waals surface area contributed by atoms with E-state index in [9.17, 15) is 0 Å². The highest BCUT2D eigenvalue weighted by Crippen LogP contribution is 2.30. The van der Waals surface area contributed by atoms with Crippen LogP contribution < -0.4 is 4.74 Å². The zero-order valence-electron chi connectivity index (χ0n) is 6.91. The molecule has 2 nitrogen and oxygen atoms in total. The molecule has 0 N–H and O–H groups in total. The lowest BCUT2D eigenvalue weighted by Gasteiger charge is -2.00. The van der Waals surface area contributed by atoms with Gasteiger partial charge in [0.1, 0.15) is 5.75 Å². The minimum atomic E-state index is 0.777. The van der Waals surface area contributed by atoms with Crippen molar-refractivity contribution in [2.45, 2.75) is 0 Å². The van der Waals surface area contributed by atoms with E-state index in [4.69, 9.17) is 4.74 Å². The topological polar surface area (TPSA) is 22.1 Å². The summed E-state index contributed by atoms with van der Waals surface area (Å²) in [5.74, 6) is 0.810. The molecule has 0 fully saturated rings. The molecule has 0 amide bonds. The van der Waals surface area contributed by atoms with Crippen molar-refractivity contribution in [3.05, 3.63) is 38.9 Å². The Kier molecular flexibility index (Phi) is 3.20. The van der Waals surface area contributed by atoms with Gasteiger partial charge in [-0.1, -0.05) is 27.3 Å². The summed E-state index contributed by atoms with van der Waals surface area (Å²) in [5.41, 5.74) is 0. The van der Waals surface area contributed by atoms with Crippen molar-refractivity contribution in [1.29, 1.82) is 0 Å². The maximum absolute atomic E-state index is 5.56. The van der Waals surface area contributed by atoms with Gasteiger partial charge in [0.15, 0.2) is 3.92 Å². The van der Waals surface area contributed by atoms with Crippen molar-refractivity contribution in [1.82, 2.24) is 4.98 Å². The lowest BCUT2D eigenvalue weighted by atomic mass is 10.3. The Hall–Kier alpha value is -0.390. The molecule has 1 aromatic carbocycles. The van der Waals surface area contributed by atoms with Crippen LogP contribution in [-0.2, 0) is 0 Å². The molecule has 5 heteroatoms. The second kappa shape index (κ2) is 4.42. The van der Waals surface area contributed by atoms with E-state index >= 15 is 0 Å². The first-order chi connectivity index (χ1) is 6.74. The van der Waals surface area contributed by atoms with Crippen molar-refractivity contribution in [2.75, 3.05) is 0 Å². The third kappa shape index (κ3) is 2.56. The number of aromatic nitrogens is 1. The Labute approximate surface area is 102 Å². The third-order valence-corrected chi connectivity index (χ3v) is 3.37. The molecule has 0 saturated carbocycles. The van der Waals surface area contributed by atoms with Gasteiger partial charge in [-0.3, -0.25) is 0 Å². The van der Waals surface area contributed by atoms with Crippen LogP contribution in [0.1, 0.15) is 0 Å². The summed E-state index contributed by atoms with van der Waals surface area (Å²) in [4.78, 5) is 4.03. The summed E-state index contributed by atoms with van der Waals surface area (Å²) in [6.07, 6.45) is 1.69. The monoisotopic (exact) mass is 333 g/mol. The van der Waals surface area contributed by atoms with Crippen LogP contribution >= 0.6 is 43.2 Å². The van der Waals surface area contributed by atoms with Gasteiger partial charge in [-0.05, 0) is 40.2 Å². The second-order valence-electron chi connectivity index (χ2n) is 2.49. The summed E-state index contributed by atoms with van der Waals surface area (Å²) in [6.45, 7) is 0. The minimum Gasteiger partial charge on any atom is -0.445 e. The first-order valence-electron chi connectivity index (χ1n) is 3.79. The average molecular weight is 335 g/mol. The molecule has 1 aromatic heterocycles. The molecule has 0 saturated heterocycles. The van der Waals surface area contributed by atoms with E-state index in [2.05, 4.69) is 36.8 Å². The number of ether oxygens (including phenoxy) is 1. The van der Waals surface area contributed by atoms with Crippen LogP contribution in [0, 0.1) is 0 Å². The molecular weight excluding hydrogens is 330 g/mol. The molecule has 1 heterocycles. The highest BCUT2D eigenvalue weighted by molar-refractivity contribution is 9.11. The van der Waals surface area contributed by atoms with Gasteiger partial charge in [0.25, 0.3) is 0 Å². The molecule has 0 radical (unpaired) electrons. The van der Waals surface area contributed by atoms with Crippen LogP contribution in [0.5, 0.6) is 10.8 Å². The molecule has 2 aromatic rings. The molecule has 0 aliphatic rings. The fraction of sp³-hybridized carbons (Fsp3) is 0. The van der Waals surface area contributed by atoms with E-state index in [1.807, 2.05) is 24.3 Å². The summed E-state index contributed by atoms with van der Waals surface area (Å²) in [5, 5.41) is 0.777. The largest absolute Gasteiger partial charge is 0.445 e. The maximum Gasteiger partial charge on any atom is 0.201 e. The average Bonchev–Trinajstić information content (AvgIpc) is 2.56. The summed E-state index contributed by atoms with van der Waals surface area (Å²) in [6, 6.07) is 7.67.